The molecule has 164 valence electrons. The molecule has 3 rings (SSSR count). The lowest BCUT2D eigenvalue weighted by Crippen LogP contribution is -2.75. The van der Waals surface area contributed by atoms with E-state index in [4.69, 9.17) is 0 Å². The average Bonchev–Trinajstić information content (AvgIpc) is 2.73. The lowest BCUT2D eigenvalue weighted by atomic mass is 10.0. The predicted octanol–water partition coefficient (Wildman–Crippen LogP) is 2.02. The highest BCUT2D eigenvalue weighted by molar-refractivity contribution is 5.91. The van der Waals surface area contributed by atoms with E-state index in [0.717, 1.165) is 24.8 Å². The van der Waals surface area contributed by atoms with Crippen molar-refractivity contribution in [1.29, 1.82) is 0 Å². The van der Waals surface area contributed by atoms with Crippen LogP contribution in [-0.2, 0) is 16.1 Å². The van der Waals surface area contributed by atoms with Crippen LogP contribution in [0.1, 0.15) is 45.1 Å². The van der Waals surface area contributed by atoms with E-state index in [1.807, 2.05) is 42.2 Å². The summed E-state index contributed by atoms with van der Waals surface area (Å²) >= 11 is 0. The molecule has 0 bridgehead atoms. The molecule has 30 heavy (non-hydrogen) atoms. The zero-order valence-corrected chi connectivity index (χ0v) is 18.2. The van der Waals surface area contributed by atoms with Gasteiger partial charge in [-0.2, -0.15) is 0 Å². The molecule has 0 spiro atoms. The van der Waals surface area contributed by atoms with E-state index in [-0.39, 0.29) is 24.4 Å². The van der Waals surface area contributed by atoms with Crippen molar-refractivity contribution in [3.05, 3.63) is 35.9 Å². The number of nitrogens with one attached hydrogen (secondary N) is 1. The van der Waals surface area contributed by atoms with Gasteiger partial charge in [0.1, 0.15) is 12.2 Å². The fourth-order valence-corrected chi connectivity index (χ4v) is 4.26. The van der Waals surface area contributed by atoms with Gasteiger partial charge in [0, 0.05) is 20.1 Å². The Balaban J connectivity index is 1.82. The number of urea groups is 1. The fourth-order valence-electron chi connectivity index (χ4n) is 4.26. The van der Waals surface area contributed by atoms with Crippen LogP contribution in [0, 0.1) is 0 Å². The first-order valence-corrected chi connectivity index (χ1v) is 10.9. The standard InChI is InChI=1S/C22H33N5O3/c1-4-6-13-25-15-19-26(18(10-5-2)21(25)29)20(28)16-24(3)27(19)22(30)23-14-17-11-8-7-9-12-17/h7-9,11-12,18-19H,4-6,10,13-16H2,1-3H3,(H,23,30)/t18-,19-/m0/s1. The van der Waals surface area contributed by atoms with Gasteiger partial charge in [0.05, 0.1) is 13.1 Å². The van der Waals surface area contributed by atoms with Crippen molar-refractivity contribution in [3.63, 3.8) is 0 Å². The topological polar surface area (TPSA) is 76.2 Å². The van der Waals surface area contributed by atoms with Crippen LogP contribution in [0.15, 0.2) is 30.3 Å². The van der Waals surface area contributed by atoms with E-state index >= 15 is 0 Å². The molecular formula is C22H33N5O3. The summed E-state index contributed by atoms with van der Waals surface area (Å²) in [6, 6.07) is 8.95. The van der Waals surface area contributed by atoms with Gasteiger partial charge >= 0.3 is 6.03 Å². The van der Waals surface area contributed by atoms with E-state index in [9.17, 15) is 14.4 Å². The Labute approximate surface area is 178 Å². The third-order valence-electron chi connectivity index (χ3n) is 5.78. The third-order valence-corrected chi connectivity index (χ3v) is 5.78. The first-order valence-electron chi connectivity index (χ1n) is 10.9. The van der Waals surface area contributed by atoms with Crippen LogP contribution in [0.3, 0.4) is 0 Å². The minimum atomic E-state index is -0.503. The average molecular weight is 416 g/mol. The first-order chi connectivity index (χ1) is 14.5. The number of likely N-dealkylation sites (N-methyl/N-ethyl adjacent to an activating group) is 1. The van der Waals surface area contributed by atoms with E-state index in [1.54, 1.807) is 22.0 Å². The van der Waals surface area contributed by atoms with Gasteiger partial charge in [-0.3, -0.25) is 9.59 Å². The van der Waals surface area contributed by atoms with Gasteiger partial charge in [-0.05, 0) is 18.4 Å². The van der Waals surface area contributed by atoms with Gasteiger partial charge in [-0.25, -0.2) is 14.8 Å². The molecular weight excluding hydrogens is 382 g/mol. The summed E-state index contributed by atoms with van der Waals surface area (Å²) < 4.78 is 0. The van der Waals surface area contributed by atoms with Gasteiger partial charge in [-0.1, -0.05) is 57.0 Å². The molecule has 0 saturated carbocycles. The highest BCUT2D eigenvalue weighted by Gasteiger charge is 2.50. The Bertz CT molecular complexity index is 756. The van der Waals surface area contributed by atoms with E-state index < -0.39 is 12.2 Å². The van der Waals surface area contributed by atoms with Crippen molar-refractivity contribution in [2.24, 2.45) is 0 Å². The Morgan fingerprint density at radius 2 is 1.87 bits per heavy atom. The van der Waals surface area contributed by atoms with Crippen LogP contribution in [0.5, 0.6) is 0 Å². The van der Waals surface area contributed by atoms with Crippen molar-refractivity contribution >= 4 is 17.8 Å². The monoisotopic (exact) mass is 415 g/mol. The number of nitrogens with zero attached hydrogens (tertiary/aromatic N) is 4. The molecule has 0 aliphatic carbocycles. The first kappa shape index (κ1) is 22.1. The van der Waals surface area contributed by atoms with Crippen molar-refractivity contribution < 1.29 is 14.4 Å². The summed E-state index contributed by atoms with van der Waals surface area (Å²) in [6.45, 7) is 5.58. The summed E-state index contributed by atoms with van der Waals surface area (Å²) in [4.78, 5) is 42.6. The summed E-state index contributed by atoms with van der Waals surface area (Å²) in [5.41, 5.74) is 1.01. The number of hydrogen-bond donors (Lipinski definition) is 1. The van der Waals surface area contributed by atoms with Crippen LogP contribution in [-0.4, -0.2) is 76.6 Å². The highest BCUT2D eigenvalue weighted by atomic mass is 16.2. The van der Waals surface area contributed by atoms with Crippen LogP contribution in [0.4, 0.5) is 4.79 Å². The number of carbonyl (C=O) groups excluding carboxylic acids is 3. The Kier molecular flexibility index (Phi) is 7.31. The van der Waals surface area contributed by atoms with E-state index in [2.05, 4.69) is 12.2 Å². The summed E-state index contributed by atoms with van der Waals surface area (Å²) in [5, 5.41) is 6.24. The number of unbranched alkanes of at least 4 members (excludes halogenated alkanes) is 1. The van der Waals surface area contributed by atoms with Gasteiger partial charge in [0.25, 0.3) is 0 Å². The minimum Gasteiger partial charge on any atom is -0.337 e. The molecule has 8 nitrogen and oxygen atoms in total. The Hall–Kier alpha value is -2.61. The number of hydrogen-bond acceptors (Lipinski definition) is 4. The SMILES string of the molecule is CCCCN1C[C@H]2N(C(=O)CN(C)N2C(=O)NCc2ccccc2)[C@@H](CCC)C1=O. The van der Waals surface area contributed by atoms with Gasteiger partial charge < -0.3 is 15.1 Å². The third kappa shape index (κ3) is 4.59. The second-order valence-corrected chi connectivity index (χ2v) is 8.03. The predicted molar refractivity (Wildman–Crippen MR) is 114 cm³/mol. The maximum atomic E-state index is 13.1. The molecule has 2 atom stereocenters. The summed E-state index contributed by atoms with van der Waals surface area (Å²) in [7, 11) is 1.75. The molecule has 2 aliphatic rings. The van der Waals surface area contributed by atoms with Gasteiger partial charge in [0.2, 0.25) is 11.8 Å². The van der Waals surface area contributed by atoms with Crippen LogP contribution >= 0.6 is 0 Å². The van der Waals surface area contributed by atoms with Crippen molar-refractivity contribution in [3.8, 4) is 0 Å². The highest BCUT2D eigenvalue weighted by Crippen LogP contribution is 2.28. The molecule has 2 heterocycles. The minimum absolute atomic E-state index is 0.00379. The van der Waals surface area contributed by atoms with Gasteiger partial charge in [0.15, 0.2) is 0 Å². The number of piperazine rings is 1. The molecule has 1 aromatic rings. The molecule has 0 radical (unpaired) electrons. The quantitative estimate of drug-likeness (QED) is 0.739. The Morgan fingerprint density at radius 1 is 1.13 bits per heavy atom. The summed E-state index contributed by atoms with van der Waals surface area (Å²) in [6.07, 6.45) is 2.80. The largest absolute Gasteiger partial charge is 0.337 e. The molecule has 0 unspecified atom stereocenters. The number of fused-ring (bicyclic) bond motifs is 1. The van der Waals surface area contributed by atoms with E-state index in [0.29, 0.717) is 26.1 Å². The molecule has 1 aromatic carbocycles. The number of hydrazine groups is 1. The van der Waals surface area contributed by atoms with Crippen LogP contribution in [0.25, 0.3) is 0 Å². The van der Waals surface area contributed by atoms with E-state index in [1.165, 1.54) is 0 Å². The Morgan fingerprint density at radius 3 is 2.53 bits per heavy atom. The van der Waals surface area contributed by atoms with Gasteiger partial charge in [-0.15, -0.1) is 0 Å². The van der Waals surface area contributed by atoms with Crippen LogP contribution in [0.2, 0.25) is 0 Å². The molecule has 2 fully saturated rings. The number of amides is 4. The lowest BCUT2D eigenvalue weighted by Gasteiger charge is -2.54. The molecule has 2 saturated heterocycles. The van der Waals surface area contributed by atoms with Crippen molar-refractivity contribution in [2.75, 3.05) is 26.7 Å². The number of benzene rings is 1. The maximum absolute atomic E-state index is 13.1. The summed E-state index contributed by atoms with van der Waals surface area (Å²) in [5.74, 6) is -0.0966. The second-order valence-electron chi connectivity index (χ2n) is 8.03. The fraction of sp³-hybridized carbons (Fsp3) is 0.591. The molecule has 2 aliphatic heterocycles. The van der Waals surface area contributed by atoms with Crippen LogP contribution < -0.4 is 5.32 Å². The smallest absolute Gasteiger partial charge is 0.334 e. The van der Waals surface area contributed by atoms with Crippen molar-refractivity contribution in [1.82, 2.24) is 25.1 Å². The molecule has 4 amide bonds. The van der Waals surface area contributed by atoms with Crippen molar-refractivity contribution in [2.45, 2.75) is 58.3 Å². The number of rotatable bonds is 7. The maximum Gasteiger partial charge on any atom is 0.334 e. The normalized spacial score (nSPS) is 22.3. The number of carbonyl (C=O) groups is 3. The molecule has 1 N–H and O–H groups in total. The zero-order valence-electron chi connectivity index (χ0n) is 18.2. The lowest BCUT2D eigenvalue weighted by molar-refractivity contribution is -0.187. The zero-order chi connectivity index (χ0) is 21.7. The molecule has 0 aromatic heterocycles. The molecule has 8 heteroatoms. The second kappa shape index (κ2) is 9.93.